The average Bonchev–Trinajstić information content (AvgIpc) is 2.82. The molecule has 92 valence electrons. The Morgan fingerprint density at radius 2 is 1.88 bits per heavy atom. The van der Waals surface area contributed by atoms with E-state index in [1.54, 1.807) is 11.3 Å². The largest absolute Gasteiger partial charge is 0.481 e. The van der Waals surface area contributed by atoms with E-state index in [1.165, 1.54) is 0 Å². The van der Waals surface area contributed by atoms with Gasteiger partial charge in [0.05, 0.1) is 11.6 Å². The zero-order valence-electron chi connectivity index (χ0n) is 9.39. The minimum absolute atomic E-state index is 0.0206. The lowest BCUT2D eigenvalue weighted by molar-refractivity contribution is -0.143. The van der Waals surface area contributed by atoms with Gasteiger partial charge in [0.2, 0.25) is 5.91 Å². The van der Waals surface area contributed by atoms with Gasteiger partial charge in [-0.3, -0.25) is 9.59 Å². The summed E-state index contributed by atoms with van der Waals surface area (Å²) in [7, 11) is 0. The maximum atomic E-state index is 11.9. The summed E-state index contributed by atoms with van der Waals surface area (Å²) < 4.78 is 0. The highest BCUT2D eigenvalue weighted by Gasteiger charge is 2.29. The molecule has 1 saturated carbocycles. The number of thiophene rings is 1. The van der Waals surface area contributed by atoms with Crippen LogP contribution in [0.2, 0.25) is 0 Å². The summed E-state index contributed by atoms with van der Waals surface area (Å²) in [5.41, 5.74) is 0.834. The van der Waals surface area contributed by atoms with Crippen LogP contribution in [0.4, 0.5) is 5.69 Å². The van der Waals surface area contributed by atoms with Crippen molar-refractivity contribution in [3.05, 3.63) is 16.8 Å². The Labute approximate surface area is 104 Å². The second kappa shape index (κ2) is 5.31. The molecule has 1 aliphatic rings. The SMILES string of the molecule is O=C(O)C1CCC(C(=O)Nc2ccsc2)CC1. The fourth-order valence-electron chi connectivity index (χ4n) is 2.18. The number of carboxylic acid groups (broad SMARTS) is 1. The van der Waals surface area contributed by atoms with Crippen molar-refractivity contribution in [3.8, 4) is 0 Å². The number of anilines is 1. The summed E-state index contributed by atoms with van der Waals surface area (Å²) in [5, 5.41) is 15.5. The van der Waals surface area contributed by atoms with Crippen LogP contribution >= 0.6 is 11.3 Å². The molecule has 0 spiro atoms. The molecule has 1 aliphatic carbocycles. The van der Waals surface area contributed by atoms with Crippen LogP contribution in [0.1, 0.15) is 25.7 Å². The van der Waals surface area contributed by atoms with Crippen LogP contribution < -0.4 is 5.32 Å². The smallest absolute Gasteiger partial charge is 0.306 e. The zero-order valence-corrected chi connectivity index (χ0v) is 10.2. The van der Waals surface area contributed by atoms with E-state index < -0.39 is 5.97 Å². The third kappa shape index (κ3) is 3.06. The molecule has 0 bridgehead atoms. The molecular formula is C12H15NO3S. The van der Waals surface area contributed by atoms with Gasteiger partial charge >= 0.3 is 5.97 Å². The average molecular weight is 253 g/mol. The molecule has 0 atom stereocenters. The summed E-state index contributed by atoms with van der Waals surface area (Å²) in [6.45, 7) is 0. The Bertz CT molecular complexity index is 394. The summed E-state index contributed by atoms with van der Waals surface area (Å²) >= 11 is 1.54. The highest BCUT2D eigenvalue weighted by atomic mass is 32.1. The number of hydrogen-bond acceptors (Lipinski definition) is 3. The summed E-state index contributed by atoms with van der Waals surface area (Å²) in [5.74, 6) is -1.01. The van der Waals surface area contributed by atoms with Gasteiger partial charge in [-0.15, -0.1) is 0 Å². The predicted molar refractivity (Wildman–Crippen MR) is 66.0 cm³/mol. The molecule has 1 fully saturated rings. The first-order valence-corrected chi connectivity index (χ1v) is 6.67. The minimum atomic E-state index is -0.735. The first-order chi connectivity index (χ1) is 8.16. The van der Waals surface area contributed by atoms with Gasteiger partial charge in [-0.2, -0.15) is 11.3 Å². The molecule has 0 aromatic carbocycles. The normalized spacial score (nSPS) is 24.2. The number of aliphatic carboxylic acids is 1. The van der Waals surface area contributed by atoms with Crippen molar-refractivity contribution in [3.63, 3.8) is 0 Å². The molecule has 4 nitrogen and oxygen atoms in total. The molecule has 5 heteroatoms. The molecule has 0 aliphatic heterocycles. The van der Waals surface area contributed by atoms with Gasteiger partial charge in [0, 0.05) is 11.3 Å². The topological polar surface area (TPSA) is 66.4 Å². The lowest BCUT2D eigenvalue weighted by Crippen LogP contribution is -2.29. The van der Waals surface area contributed by atoms with E-state index in [2.05, 4.69) is 5.32 Å². The molecule has 1 amide bonds. The summed E-state index contributed by atoms with van der Waals surface area (Å²) in [6.07, 6.45) is 2.56. The molecule has 0 unspecified atom stereocenters. The van der Waals surface area contributed by atoms with Gasteiger partial charge in [0.25, 0.3) is 0 Å². The fourth-order valence-corrected chi connectivity index (χ4v) is 2.77. The van der Waals surface area contributed by atoms with Crippen molar-refractivity contribution >= 4 is 28.9 Å². The van der Waals surface area contributed by atoms with Gasteiger partial charge in [-0.25, -0.2) is 0 Å². The van der Waals surface area contributed by atoms with Crippen LogP contribution in [0.25, 0.3) is 0 Å². The molecule has 2 N–H and O–H groups in total. The molecular weight excluding hydrogens is 238 g/mol. The maximum absolute atomic E-state index is 11.9. The quantitative estimate of drug-likeness (QED) is 0.870. The molecule has 1 aromatic heterocycles. The Morgan fingerprint density at radius 1 is 1.24 bits per heavy atom. The van der Waals surface area contributed by atoms with Crippen molar-refractivity contribution in [2.24, 2.45) is 11.8 Å². The van der Waals surface area contributed by atoms with E-state index in [4.69, 9.17) is 5.11 Å². The summed E-state index contributed by atoms with van der Waals surface area (Å²) in [6, 6.07) is 1.87. The van der Waals surface area contributed by atoms with Crippen molar-refractivity contribution in [2.45, 2.75) is 25.7 Å². The Hall–Kier alpha value is -1.36. The molecule has 1 heterocycles. The van der Waals surface area contributed by atoms with E-state index in [9.17, 15) is 9.59 Å². The third-order valence-corrected chi connectivity index (χ3v) is 3.92. The zero-order chi connectivity index (χ0) is 12.3. The molecule has 17 heavy (non-hydrogen) atoms. The van der Waals surface area contributed by atoms with Crippen LogP contribution in [-0.4, -0.2) is 17.0 Å². The molecule has 2 rings (SSSR count). The molecule has 0 radical (unpaired) electrons. The van der Waals surface area contributed by atoms with Crippen LogP contribution in [-0.2, 0) is 9.59 Å². The third-order valence-electron chi connectivity index (χ3n) is 3.24. The number of amides is 1. The lowest BCUT2D eigenvalue weighted by Gasteiger charge is -2.24. The standard InChI is InChI=1S/C12H15NO3S/c14-11(13-10-5-6-17-7-10)8-1-3-9(4-2-8)12(15)16/h5-9H,1-4H2,(H,13,14)(H,15,16). The van der Waals surface area contributed by atoms with E-state index in [1.807, 2.05) is 16.8 Å². The van der Waals surface area contributed by atoms with Crippen molar-refractivity contribution in [2.75, 3.05) is 5.32 Å². The van der Waals surface area contributed by atoms with Gasteiger partial charge in [-0.1, -0.05) is 0 Å². The molecule has 0 saturated heterocycles. The van der Waals surface area contributed by atoms with Gasteiger partial charge in [-0.05, 0) is 37.1 Å². The molecule has 1 aromatic rings. The minimum Gasteiger partial charge on any atom is -0.481 e. The second-order valence-corrected chi connectivity index (χ2v) is 5.17. The van der Waals surface area contributed by atoms with E-state index in [0.717, 1.165) is 5.69 Å². The first-order valence-electron chi connectivity index (χ1n) is 5.72. The highest BCUT2D eigenvalue weighted by molar-refractivity contribution is 7.08. The van der Waals surface area contributed by atoms with Gasteiger partial charge < -0.3 is 10.4 Å². The fraction of sp³-hybridized carbons (Fsp3) is 0.500. The lowest BCUT2D eigenvalue weighted by atomic mass is 9.81. The van der Waals surface area contributed by atoms with Crippen LogP contribution in [0.15, 0.2) is 16.8 Å². The van der Waals surface area contributed by atoms with Crippen molar-refractivity contribution in [1.29, 1.82) is 0 Å². The van der Waals surface area contributed by atoms with Gasteiger partial charge in [0.1, 0.15) is 0 Å². The van der Waals surface area contributed by atoms with Crippen LogP contribution in [0.5, 0.6) is 0 Å². The number of nitrogens with one attached hydrogen (secondary N) is 1. The number of carbonyl (C=O) groups excluding carboxylic acids is 1. The van der Waals surface area contributed by atoms with Crippen molar-refractivity contribution < 1.29 is 14.7 Å². The van der Waals surface area contributed by atoms with E-state index >= 15 is 0 Å². The Balaban J connectivity index is 1.84. The number of carboxylic acids is 1. The summed E-state index contributed by atoms with van der Waals surface area (Å²) in [4.78, 5) is 22.7. The van der Waals surface area contributed by atoms with Crippen LogP contribution in [0.3, 0.4) is 0 Å². The van der Waals surface area contributed by atoms with Gasteiger partial charge in [0.15, 0.2) is 0 Å². The van der Waals surface area contributed by atoms with E-state index in [-0.39, 0.29) is 17.7 Å². The predicted octanol–water partition coefficient (Wildman–Crippen LogP) is 2.58. The second-order valence-electron chi connectivity index (χ2n) is 4.39. The number of carbonyl (C=O) groups is 2. The van der Waals surface area contributed by atoms with Crippen molar-refractivity contribution in [1.82, 2.24) is 0 Å². The van der Waals surface area contributed by atoms with Crippen LogP contribution in [0, 0.1) is 11.8 Å². The number of hydrogen-bond donors (Lipinski definition) is 2. The Morgan fingerprint density at radius 3 is 2.41 bits per heavy atom. The monoisotopic (exact) mass is 253 g/mol. The maximum Gasteiger partial charge on any atom is 0.306 e. The number of rotatable bonds is 3. The first kappa shape index (κ1) is 12.1. The Kier molecular flexibility index (Phi) is 3.78. The highest BCUT2D eigenvalue weighted by Crippen LogP contribution is 2.29. The van der Waals surface area contributed by atoms with E-state index in [0.29, 0.717) is 25.7 Å².